The maximum atomic E-state index is 14.5. The lowest BCUT2D eigenvalue weighted by Crippen LogP contribution is -2.43. The molecule has 0 saturated carbocycles. The van der Waals surface area contributed by atoms with E-state index in [0.29, 0.717) is 52.4 Å². The SMILES string of the molecule is COCP(=O)(N[C@@H](C)C(=O)OC(C)C)N1CCC(COc2cc3ncnc(Nc4ccc(Br)cc4F)c3cc2OC)CC1. The van der Waals surface area contributed by atoms with Gasteiger partial charge in [0.1, 0.15) is 30.4 Å². The third-order valence-electron chi connectivity index (χ3n) is 7.03. The van der Waals surface area contributed by atoms with Gasteiger partial charge in [-0.25, -0.2) is 24.1 Å². The fourth-order valence-corrected chi connectivity index (χ4v) is 7.51. The van der Waals surface area contributed by atoms with E-state index in [1.54, 1.807) is 52.1 Å². The Hall–Kier alpha value is -2.83. The van der Waals surface area contributed by atoms with Gasteiger partial charge in [-0.15, -0.1) is 0 Å². The molecule has 1 aliphatic rings. The molecule has 4 rings (SSSR count). The first-order valence-corrected chi connectivity index (χ1v) is 16.7. The fraction of sp³-hybridized carbons (Fsp3) is 0.483. The van der Waals surface area contributed by atoms with Crippen molar-refractivity contribution in [2.24, 2.45) is 5.92 Å². The van der Waals surface area contributed by atoms with Crippen molar-refractivity contribution in [1.29, 1.82) is 0 Å². The van der Waals surface area contributed by atoms with Crippen LogP contribution in [0.5, 0.6) is 11.5 Å². The quantitative estimate of drug-likeness (QED) is 0.161. The zero-order valence-corrected chi connectivity index (χ0v) is 27.4. The number of fused-ring (bicyclic) bond motifs is 1. The number of carbonyl (C=O) groups is 1. The summed E-state index contributed by atoms with van der Waals surface area (Å²) in [6.07, 6.45) is 2.61. The molecule has 1 unspecified atom stereocenters. The zero-order chi connectivity index (χ0) is 31.1. The molecule has 234 valence electrons. The number of aromatic nitrogens is 2. The molecule has 1 aliphatic heterocycles. The second-order valence-corrected chi connectivity index (χ2v) is 14.1. The van der Waals surface area contributed by atoms with Gasteiger partial charge < -0.3 is 24.3 Å². The molecule has 0 bridgehead atoms. The number of halogens is 2. The normalized spacial score (nSPS) is 16.6. The Bertz CT molecular complexity index is 1470. The molecule has 0 aliphatic carbocycles. The highest BCUT2D eigenvalue weighted by atomic mass is 79.9. The van der Waals surface area contributed by atoms with Crippen molar-refractivity contribution in [1.82, 2.24) is 19.7 Å². The van der Waals surface area contributed by atoms with Crippen LogP contribution >= 0.6 is 23.4 Å². The van der Waals surface area contributed by atoms with Crippen molar-refractivity contribution in [3.05, 3.63) is 46.9 Å². The average Bonchev–Trinajstić information content (AvgIpc) is 2.97. The van der Waals surface area contributed by atoms with Crippen LogP contribution in [0.1, 0.15) is 33.6 Å². The summed E-state index contributed by atoms with van der Waals surface area (Å²) in [4.78, 5) is 21.0. The second kappa shape index (κ2) is 14.8. The molecular formula is C29H38BrFN5O6P. The van der Waals surface area contributed by atoms with Crippen molar-refractivity contribution >= 4 is 51.8 Å². The topological polar surface area (TPSA) is 124 Å². The van der Waals surface area contributed by atoms with Crippen LogP contribution < -0.4 is 19.9 Å². The summed E-state index contributed by atoms with van der Waals surface area (Å²) in [5.41, 5.74) is 0.890. The molecule has 14 heteroatoms. The van der Waals surface area contributed by atoms with Gasteiger partial charge in [0.05, 0.1) is 31.0 Å². The molecule has 0 radical (unpaired) electrons. The van der Waals surface area contributed by atoms with Gasteiger partial charge in [0.2, 0.25) is 7.44 Å². The first-order chi connectivity index (χ1) is 20.5. The van der Waals surface area contributed by atoms with Crippen molar-refractivity contribution in [3.8, 4) is 11.5 Å². The molecule has 2 aromatic carbocycles. The van der Waals surface area contributed by atoms with Crippen molar-refractivity contribution in [3.63, 3.8) is 0 Å². The Morgan fingerprint density at radius 3 is 2.53 bits per heavy atom. The van der Waals surface area contributed by atoms with E-state index in [1.165, 1.54) is 19.5 Å². The van der Waals surface area contributed by atoms with Gasteiger partial charge in [-0.1, -0.05) is 15.9 Å². The smallest absolute Gasteiger partial charge is 0.323 e. The van der Waals surface area contributed by atoms with Gasteiger partial charge in [0, 0.05) is 36.1 Å². The third kappa shape index (κ3) is 8.42. The van der Waals surface area contributed by atoms with Crippen LogP contribution in [0, 0.1) is 11.7 Å². The molecular weight excluding hydrogens is 644 g/mol. The second-order valence-electron chi connectivity index (χ2n) is 10.7. The highest BCUT2D eigenvalue weighted by Crippen LogP contribution is 2.48. The monoisotopic (exact) mass is 681 g/mol. The molecule has 0 amide bonds. The van der Waals surface area contributed by atoms with Gasteiger partial charge in [-0.05, 0) is 63.8 Å². The largest absolute Gasteiger partial charge is 0.493 e. The van der Waals surface area contributed by atoms with Gasteiger partial charge in [-0.3, -0.25) is 9.36 Å². The molecule has 1 saturated heterocycles. The predicted octanol–water partition coefficient (Wildman–Crippen LogP) is 6.10. The molecule has 2 atom stereocenters. The maximum Gasteiger partial charge on any atom is 0.323 e. The molecule has 43 heavy (non-hydrogen) atoms. The van der Waals surface area contributed by atoms with Crippen LogP contribution in [-0.2, 0) is 18.8 Å². The molecule has 2 heterocycles. The predicted molar refractivity (Wildman–Crippen MR) is 167 cm³/mol. The number of nitrogens with zero attached hydrogens (tertiary/aromatic N) is 3. The van der Waals surface area contributed by atoms with E-state index in [2.05, 4.69) is 36.3 Å². The molecule has 11 nitrogen and oxygen atoms in total. The Morgan fingerprint density at radius 2 is 1.88 bits per heavy atom. The number of ether oxygens (including phenoxy) is 4. The lowest BCUT2D eigenvalue weighted by Gasteiger charge is -2.38. The number of rotatable bonds is 13. The van der Waals surface area contributed by atoms with E-state index in [0.717, 1.165) is 12.8 Å². The maximum absolute atomic E-state index is 14.5. The lowest BCUT2D eigenvalue weighted by molar-refractivity contribution is -0.149. The van der Waals surface area contributed by atoms with Gasteiger partial charge >= 0.3 is 5.97 Å². The zero-order valence-electron chi connectivity index (χ0n) is 24.9. The molecule has 1 aromatic heterocycles. The summed E-state index contributed by atoms with van der Waals surface area (Å²) < 4.78 is 53.2. The summed E-state index contributed by atoms with van der Waals surface area (Å²) in [7, 11) is -0.130. The fourth-order valence-electron chi connectivity index (χ4n) is 4.84. The van der Waals surface area contributed by atoms with E-state index in [1.807, 2.05) is 4.67 Å². The van der Waals surface area contributed by atoms with Crippen LogP contribution in [-0.4, -0.2) is 73.0 Å². The summed E-state index contributed by atoms with van der Waals surface area (Å²) >= 11 is 3.27. The van der Waals surface area contributed by atoms with Crippen LogP contribution in [0.2, 0.25) is 0 Å². The first-order valence-electron chi connectivity index (χ1n) is 14.0. The van der Waals surface area contributed by atoms with E-state index in [-0.39, 0.29) is 24.1 Å². The number of methoxy groups -OCH3 is 2. The number of hydrogen-bond donors (Lipinski definition) is 2. The average molecular weight is 683 g/mol. The summed E-state index contributed by atoms with van der Waals surface area (Å²) in [6, 6.07) is 7.55. The minimum Gasteiger partial charge on any atom is -0.493 e. The minimum atomic E-state index is -3.17. The van der Waals surface area contributed by atoms with E-state index in [9.17, 15) is 13.8 Å². The van der Waals surface area contributed by atoms with Crippen molar-refractivity contribution < 1.29 is 32.7 Å². The lowest BCUT2D eigenvalue weighted by atomic mass is 9.99. The third-order valence-corrected chi connectivity index (χ3v) is 10.2. The number of carbonyl (C=O) groups excluding carboxylic acids is 1. The number of esters is 1. The molecule has 3 aromatic rings. The summed E-state index contributed by atoms with van der Waals surface area (Å²) in [5, 5.41) is 6.68. The number of benzene rings is 2. The van der Waals surface area contributed by atoms with E-state index in [4.69, 9.17) is 18.9 Å². The first kappa shape index (κ1) is 33.1. The van der Waals surface area contributed by atoms with E-state index >= 15 is 0 Å². The Labute approximate surface area is 259 Å². The van der Waals surface area contributed by atoms with E-state index < -0.39 is 25.3 Å². The Kier molecular flexibility index (Phi) is 11.4. The number of piperidine rings is 1. The Balaban J connectivity index is 1.41. The Morgan fingerprint density at radius 1 is 1.14 bits per heavy atom. The molecule has 1 fully saturated rings. The van der Waals surface area contributed by atoms with Crippen LogP contribution in [0.25, 0.3) is 10.9 Å². The summed E-state index contributed by atoms with van der Waals surface area (Å²) in [5.74, 6) is 0.795. The van der Waals surface area contributed by atoms with Gasteiger partial charge in [-0.2, -0.15) is 0 Å². The highest BCUT2D eigenvalue weighted by molar-refractivity contribution is 9.10. The van der Waals surface area contributed by atoms with Crippen LogP contribution in [0.15, 0.2) is 41.1 Å². The van der Waals surface area contributed by atoms with Crippen LogP contribution in [0.3, 0.4) is 0 Å². The molecule has 2 N–H and O–H groups in total. The highest BCUT2D eigenvalue weighted by Gasteiger charge is 2.37. The summed E-state index contributed by atoms with van der Waals surface area (Å²) in [6.45, 7) is 6.72. The standard InChI is InChI=1S/C29H38BrFN5O6P/c1-18(2)42-29(37)19(3)35-43(38,17-39-4)36-10-8-20(9-11-36)15-41-27-14-25-22(13-26(27)40-5)28(33-16-32-25)34-24-7-6-21(30)12-23(24)31/h6-7,12-14,16,18-20H,8-11,15,17H2,1-5H3,(H,35,38)(H,32,33,34)/t19-,43?/m0/s1. The number of anilines is 2. The number of hydrogen-bond acceptors (Lipinski definition) is 9. The van der Waals surface area contributed by atoms with Gasteiger partial charge in [0.15, 0.2) is 11.5 Å². The molecule has 0 spiro atoms. The minimum absolute atomic E-state index is 0.0189. The number of nitrogens with one attached hydrogen (secondary N) is 2. The van der Waals surface area contributed by atoms with Crippen LogP contribution in [0.4, 0.5) is 15.9 Å². The van der Waals surface area contributed by atoms with Crippen molar-refractivity contribution in [2.75, 3.05) is 45.6 Å². The van der Waals surface area contributed by atoms with Crippen molar-refractivity contribution in [2.45, 2.75) is 45.8 Å². The van der Waals surface area contributed by atoms with Gasteiger partial charge in [0.25, 0.3) is 0 Å².